The molecule has 0 radical (unpaired) electrons. The molecule has 6 amide bonds. The van der Waals surface area contributed by atoms with Gasteiger partial charge in [-0.2, -0.15) is 0 Å². The average molecular weight is 227 g/mol. The maximum Gasteiger partial charge on any atom is 0.330 e. The minimum atomic E-state index is -1.32. The third-order valence-corrected chi connectivity index (χ3v) is 1.69. The number of nitrogens with two attached hydrogens (primary N) is 1. The molecule has 0 aromatic heterocycles. The maximum absolute atomic E-state index is 11.3. The average Bonchev–Trinajstić information content (AvgIpc) is 2.12. The molecule has 1 fully saturated rings. The van der Waals surface area contributed by atoms with Crippen LogP contribution < -0.4 is 27.2 Å². The third-order valence-electron chi connectivity index (χ3n) is 1.69. The molecule has 86 valence electrons. The number of imide groups is 2. The van der Waals surface area contributed by atoms with Crippen molar-refractivity contribution in [3.63, 3.8) is 0 Å². The van der Waals surface area contributed by atoms with E-state index in [9.17, 15) is 19.2 Å². The van der Waals surface area contributed by atoms with Gasteiger partial charge < -0.3 is 11.2 Å². The lowest BCUT2D eigenvalue weighted by Gasteiger charge is -2.22. The molecular weight excluding hydrogens is 218 g/mol. The summed E-state index contributed by atoms with van der Waals surface area (Å²) >= 11 is 0. The first-order valence-corrected chi connectivity index (χ1v) is 4.07. The van der Waals surface area contributed by atoms with E-state index in [0.29, 0.717) is 0 Å². The molecular formula is C7H9N5O4. The molecule has 6 N–H and O–H groups in total. The third kappa shape index (κ3) is 2.47. The molecule has 1 aliphatic heterocycles. The van der Waals surface area contributed by atoms with Crippen LogP contribution in [0, 0.1) is 5.92 Å². The number of amides is 6. The van der Waals surface area contributed by atoms with Crippen molar-refractivity contribution in [1.29, 1.82) is 0 Å². The molecule has 1 saturated heterocycles. The fourth-order valence-corrected chi connectivity index (χ4v) is 1.05. The van der Waals surface area contributed by atoms with Gasteiger partial charge in [0.05, 0.1) is 0 Å². The van der Waals surface area contributed by atoms with Crippen LogP contribution in [0.25, 0.3) is 0 Å². The van der Waals surface area contributed by atoms with E-state index in [0.717, 1.165) is 0 Å². The fourth-order valence-electron chi connectivity index (χ4n) is 1.05. The van der Waals surface area contributed by atoms with Crippen LogP contribution in [-0.4, -0.2) is 23.9 Å². The Hall–Kier alpha value is -2.58. The van der Waals surface area contributed by atoms with Crippen LogP contribution in [0.5, 0.6) is 0 Å². The van der Waals surface area contributed by atoms with Crippen LogP contribution in [0.2, 0.25) is 0 Å². The van der Waals surface area contributed by atoms with Gasteiger partial charge in [0, 0.05) is 5.70 Å². The summed E-state index contributed by atoms with van der Waals surface area (Å²) in [4.78, 5) is 43.6. The van der Waals surface area contributed by atoms with Gasteiger partial charge in [0.15, 0.2) is 5.92 Å². The van der Waals surface area contributed by atoms with Gasteiger partial charge in [-0.25, -0.2) is 9.59 Å². The highest BCUT2D eigenvalue weighted by Crippen LogP contribution is 2.08. The highest BCUT2D eigenvalue weighted by atomic mass is 16.2. The van der Waals surface area contributed by atoms with Crippen molar-refractivity contribution in [2.45, 2.75) is 0 Å². The van der Waals surface area contributed by atoms with Crippen molar-refractivity contribution < 1.29 is 19.2 Å². The Morgan fingerprint density at radius 3 is 2.12 bits per heavy atom. The van der Waals surface area contributed by atoms with E-state index in [1.165, 1.54) is 0 Å². The second-order valence-electron chi connectivity index (χ2n) is 2.88. The summed E-state index contributed by atoms with van der Waals surface area (Å²) in [5, 5.41) is 3.75. The van der Waals surface area contributed by atoms with Crippen molar-refractivity contribution >= 4 is 23.9 Å². The van der Waals surface area contributed by atoms with E-state index in [2.05, 4.69) is 12.0 Å². The number of primary amides is 1. The summed E-state index contributed by atoms with van der Waals surface area (Å²) < 4.78 is 0. The Morgan fingerprint density at radius 1 is 1.19 bits per heavy atom. The Morgan fingerprint density at radius 2 is 1.69 bits per heavy atom. The molecule has 16 heavy (non-hydrogen) atoms. The first-order valence-electron chi connectivity index (χ1n) is 4.07. The molecule has 0 saturated carbocycles. The van der Waals surface area contributed by atoms with Gasteiger partial charge in [-0.15, -0.1) is 0 Å². The molecule has 9 nitrogen and oxygen atoms in total. The Labute approximate surface area is 89.4 Å². The highest BCUT2D eigenvalue weighted by Gasteiger charge is 2.36. The number of urea groups is 2. The zero-order valence-corrected chi connectivity index (χ0v) is 7.99. The molecule has 0 aromatic carbocycles. The summed E-state index contributed by atoms with van der Waals surface area (Å²) in [5.74, 6) is -2.99. The van der Waals surface area contributed by atoms with Gasteiger partial charge in [0.25, 0.3) is 0 Å². The number of rotatable bonds is 3. The predicted octanol–water partition coefficient (Wildman–Crippen LogP) is -2.34. The highest BCUT2D eigenvalue weighted by molar-refractivity contribution is 6.17. The molecule has 1 heterocycles. The minimum Gasteiger partial charge on any atom is -0.350 e. The van der Waals surface area contributed by atoms with Crippen LogP contribution in [0.15, 0.2) is 12.3 Å². The monoisotopic (exact) mass is 227 g/mol. The molecule has 0 unspecified atom stereocenters. The second-order valence-corrected chi connectivity index (χ2v) is 2.88. The van der Waals surface area contributed by atoms with Gasteiger partial charge in [0.2, 0.25) is 11.8 Å². The Bertz CT molecular complexity index is 370. The first-order chi connectivity index (χ1) is 7.41. The van der Waals surface area contributed by atoms with Crippen LogP contribution in [0.3, 0.4) is 0 Å². The van der Waals surface area contributed by atoms with E-state index in [-0.39, 0.29) is 5.70 Å². The van der Waals surface area contributed by atoms with Gasteiger partial charge in [-0.1, -0.05) is 6.58 Å². The summed E-state index contributed by atoms with van der Waals surface area (Å²) in [6.07, 6.45) is 0. The number of carbonyl (C=O) groups is 4. The lowest BCUT2D eigenvalue weighted by Crippen LogP contribution is -2.58. The number of hydrogen-bond donors (Lipinski definition) is 5. The van der Waals surface area contributed by atoms with E-state index in [1.54, 1.807) is 0 Å². The molecule has 9 heteroatoms. The smallest absolute Gasteiger partial charge is 0.330 e. The fraction of sp³-hybridized carbons (Fsp3) is 0.143. The molecule has 0 bridgehead atoms. The van der Waals surface area contributed by atoms with Crippen molar-refractivity contribution in [2.24, 2.45) is 11.7 Å². The largest absolute Gasteiger partial charge is 0.350 e. The number of hydrazine groups is 1. The van der Waals surface area contributed by atoms with Gasteiger partial charge in [-0.3, -0.25) is 25.6 Å². The van der Waals surface area contributed by atoms with Gasteiger partial charge in [0.1, 0.15) is 0 Å². The topological polar surface area (TPSA) is 142 Å². The number of hydrogen-bond acceptors (Lipinski definition) is 5. The summed E-state index contributed by atoms with van der Waals surface area (Å²) in [5.41, 5.74) is 8.76. The summed E-state index contributed by atoms with van der Waals surface area (Å²) in [6, 6.07) is -1.81. The lowest BCUT2D eigenvalue weighted by atomic mass is 10.0. The van der Waals surface area contributed by atoms with Crippen LogP contribution in [-0.2, 0) is 9.59 Å². The van der Waals surface area contributed by atoms with Crippen molar-refractivity contribution in [3.05, 3.63) is 12.3 Å². The van der Waals surface area contributed by atoms with E-state index < -0.39 is 29.8 Å². The quantitative estimate of drug-likeness (QED) is 0.271. The SMILES string of the molecule is C=C(NNC(N)=O)C1C(=O)NC(=O)NC1=O. The molecule has 1 aliphatic rings. The normalized spacial score (nSPS) is 16.1. The predicted molar refractivity (Wildman–Crippen MR) is 50.2 cm³/mol. The summed E-state index contributed by atoms with van der Waals surface area (Å²) in [7, 11) is 0. The van der Waals surface area contributed by atoms with E-state index in [4.69, 9.17) is 5.73 Å². The van der Waals surface area contributed by atoms with Crippen LogP contribution in [0.1, 0.15) is 0 Å². The summed E-state index contributed by atoms with van der Waals surface area (Å²) in [6.45, 7) is 3.36. The maximum atomic E-state index is 11.3. The molecule has 0 spiro atoms. The standard InChI is InChI=1S/C7H9N5O4/c1-2(11-12-6(8)15)3-4(13)9-7(16)10-5(3)14/h3,11H,1H2,(H3,8,12,15)(H2,9,10,13,14,16). The van der Waals surface area contributed by atoms with E-state index in [1.807, 2.05) is 16.1 Å². The number of barbiturate groups is 1. The molecule has 1 rings (SSSR count). The second kappa shape index (κ2) is 4.29. The Balaban J connectivity index is 2.67. The minimum absolute atomic E-state index is 0.110. The van der Waals surface area contributed by atoms with Crippen LogP contribution >= 0.6 is 0 Å². The first kappa shape index (κ1) is 11.5. The zero-order chi connectivity index (χ0) is 12.3. The van der Waals surface area contributed by atoms with Crippen molar-refractivity contribution in [3.8, 4) is 0 Å². The van der Waals surface area contributed by atoms with E-state index >= 15 is 0 Å². The van der Waals surface area contributed by atoms with Crippen molar-refractivity contribution in [2.75, 3.05) is 0 Å². The van der Waals surface area contributed by atoms with Gasteiger partial charge in [-0.05, 0) is 0 Å². The number of nitrogens with one attached hydrogen (secondary N) is 4. The van der Waals surface area contributed by atoms with Gasteiger partial charge >= 0.3 is 12.1 Å². The number of carbonyl (C=O) groups excluding carboxylic acids is 4. The van der Waals surface area contributed by atoms with Crippen LogP contribution in [0.4, 0.5) is 9.59 Å². The molecule has 0 atom stereocenters. The molecule has 0 aromatic rings. The zero-order valence-electron chi connectivity index (χ0n) is 7.99. The van der Waals surface area contributed by atoms with Crippen molar-refractivity contribution in [1.82, 2.24) is 21.5 Å². The lowest BCUT2D eigenvalue weighted by molar-refractivity contribution is -0.134. The Kier molecular flexibility index (Phi) is 3.09. The molecule has 0 aliphatic carbocycles.